The minimum atomic E-state index is -3.47. The van der Waals surface area contributed by atoms with E-state index in [-0.39, 0.29) is 27.3 Å². The van der Waals surface area contributed by atoms with E-state index in [1.807, 2.05) is 0 Å². The molecule has 4 nitrogen and oxygen atoms in total. The van der Waals surface area contributed by atoms with Gasteiger partial charge in [-0.05, 0) is 86.8 Å². The van der Waals surface area contributed by atoms with E-state index in [0.717, 1.165) is 24.0 Å². The molecule has 4 fully saturated rings. The highest BCUT2D eigenvalue weighted by Crippen LogP contribution is 2.61. The Labute approximate surface area is 160 Å². The molecule has 1 aromatic carbocycles. The second kappa shape index (κ2) is 6.23. The van der Waals surface area contributed by atoms with Crippen LogP contribution in [0.25, 0.3) is 0 Å². The highest BCUT2D eigenvalue weighted by molar-refractivity contribution is 7.90. The van der Waals surface area contributed by atoms with Crippen LogP contribution in [0.15, 0.2) is 23.1 Å². The minimum absolute atomic E-state index is 0.00859. The highest BCUT2D eigenvalue weighted by atomic mass is 35.5. The van der Waals surface area contributed by atoms with Crippen molar-refractivity contribution in [1.29, 1.82) is 0 Å². The molecule has 0 aliphatic heterocycles. The molecule has 0 saturated heterocycles. The molecule has 6 heteroatoms. The zero-order valence-electron chi connectivity index (χ0n) is 15.3. The number of rotatable bonds is 4. The van der Waals surface area contributed by atoms with E-state index < -0.39 is 9.84 Å². The fraction of sp³-hybridized carbons (Fsp3) is 0.650. The number of benzene rings is 1. The highest BCUT2D eigenvalue weighted by Gasteiger charge is 2.53. The number of halogens is 1. The van der Waals surface area contributed by atoms with Crippen LogP contribution in [0.3, 0.4) is 0 Å². The largest absolute Gasteiger partial charge is 0.349 e. The van der Waals surface area contributed by atoms with Crippen LogP contribution in [0.4, 0.5) is 0 Å². The van der Waals surface area contributed by atoms with E-state index in [1.54, 1.807) is 6.07 Å². The number of carbonyl (C=O) groups excluding carboxylic acids is 1. The van der Waals surface area contributed by atoms with Gasteiger partial charge in [0, 0.05) is 17.9 Å². The molecule has 0 radical (unpaired) electrons. The van der Waals surface area contributed by atoms with Gasteiger partial charge in [-0.15, -0.1) is 0 Å². The van der Waals surface area contributed by atoms with Gasteiger partial charge >= 0.3 is 0 Å². The van der Waals surface area contributed by atoms with Crippen LogP contribution in [-0.2, 0) is 9.84 Å². The first kappa shape index (κ1) is 18.3. The molecule has 0 aromatic heterocycles. The molecule has 4 aliphatic carbocycles. The third-order valence-electron chi connectivity index (χ3n) is 6.94. The lowest BCUT2D eigenvalue weighted by Gasteiger charge is -2.59. The smallest absolute Gasteiger partial charge is 0.251 e. The lowest BCUT2D eigenvalue weighted by molar-refractivity contribution is -0.0688. The molecule has 1 unspecified atom stereocenters. The number of hydrogen-bond acceptors (Lipinski definition) is 3. The van der Waals surface area contributed by atoms with Crippen molar-refractivity contribution in [2.75, 3.05) is 6.26 Å². The minimum Gasteiger partial charge on any atom is -0.349 e. The van der Waals surface area contributed by atoms with E-state index in [9.17, 15) is 13.2 Å². The molecule has 26 heavy (non-hydrogen) atoms. The van der Waals surface area contributed by atoms with Crippen LogP contribution in [0.1, 0.15) is 55.8 Å². The maximum absolute atomic E-state index is 12.8. The molecule has 5 rings (SSSR count). The first-order chi connectivity index (χ1) is 12.2. The number of amides is 1. The van der Waals surface area contributed by atoms with Crippen LogP contribution < -0.4 is 5.32 Å². The summed E-state index contributed by atoms with van der Waals surface area (Å²) in [7, 11) is -3.47. The topological polar surface area (TPSA) is 63.2 Å². The van der Waals surface area contributed by atoms with Gasteiger partial charge in [-0.25, -0.2) is 8.42 Å². The normalized spacial score (nSPS) is 33.9. The van der Waals surface area contributed by atoms with Gasteiger partial charge in [0.15, 0.2) is 9.84 Å². The first-order valence-electron chi connectivity index (χ1n) is 9.47. The molecule has 1 amide bonds. The Balaban J connectivity index is 1.54. The van der Waals surface area contributed by atoms with Gasteiger partial charge in [0.25, 0.3) is 5.91 Å². The van der Waals surface area contributed by atoms with Gasteiger partial charge in [0.2, 0.25) is 0 Å². The molecule has 1 atom stereocenters. The second-order valence-corrected chi connectivity index (χ2v) is 11.3. The Morgan fingerprint density at radius 1 is 1.15 bits per heavy atom. The summed E-state index contributed by atoms with van der Waals surface area (Å²) in [4.78, 5) is 12.8. The summed E-state index contributed by atoms with van der Waals surface area (Å²) in [5.74, 6) is 2.27. The van der Waals surface area contributed by atoms with Gasteiger partial charge in [-0.2, -0.15) is 0 Å². The van der Waals surface area contributed by atoms with Crippen molar-refractivity contribution < 1.29 is 13.2 Å². The number of nitrogens with one attached hydrogen (secondary N) is 1. The van der Waals surface area contributed by atoms with Crippen molar-refractivity contribution in [3.8, 4) is 0 Å². The molecule has 4 aliphatic rings. The lowest BCUT2D eigenvalue weighted by atomic mass is 9.48. The van der Waals surface area contributed by atoms with Crippen molar-refractivity contribution in [1.82, 2.24) is 5.32 Å². The molecule has 1 N–H and O–H groups in total. The van der Waals surface area contributed by atoms with Gasteiger partial charge in [-0.3, -0.25) is 4.79 Å². The Morgan fingerprint density at radius 2 is 1.69 bits per heavy atom. The summed E-state index contributed by atoms with van der Waals surface area (Å²) in [6.07, 6.45) is 8.87. The summed E-state index contributed by atoms with van der Waals surface area (Å²) in [6, 6.07) is 4.57. The third kappa shape index (κ3) is 3.18. The van der Waals surface area contributed by atoms with Crippen molar-refractivity contribution >= 4 is 27.3 Å². The summed E-state index contributed by atoms with van der Waals surface area (Å²) in [5, 5.41) is 3.33. The molecule has 0 spiro atoms. The molecule has 142 valence electrons. The second-order valence-electron chi connectivity index (χ2n) is 8.89. The molecular formula is C20H26ClNO3S. The molecule has 0 heterocycles. The van der Waals surface area contributed by atoms with Crippen LogP contribution in [0.2, 0.25) is 5.02 Å². The van der Waals surface area contributed by atoms with E-state index in [2.05, 4.69) is 12.2 Å². The Morgan fingerprint density at radius 3 is 2.19 bits per heavy atom. The van der Waals surface area contributed by atoms with E-state index in [1.165, 1.54) is 50.7 Å². The van der Waals surface area contributed by atoms with E-state index in [4.69, 9.17) is 11.6 Å². The van der Waals surface area contributed by atoms with E-state index >= 15 is 0 Å². The SMILES string of the molecule is CC(NC(=O)c1ccc(Cl)c(S(C)(=O)=O)c1)C12CC3CC(CC(C3)C1)C2. The number of carbonyl (C=O) groups is 1. The summed E-state index contributed by atoms with van der Waals surface area (Å²) < 4.78 is 23.7. The fourth-order valence-electron chi connectivity index (χ4n) is 6.07. The maximum Gasteiger partial charge on any atom is 0.251 e. The molecule has 4 saturated carbocycles. The summed E-state index contributed by atoms with van der Waals surface area (Å²) in [5.41, 5.74) is 0.572. The predicted molar refractivity (Wildman–Crippen MR) is 102 cm³/mol. The van der Waals surface area contributed by atoms with Crippen LogP contribution in [0, 0.1) is 23.2 Å². The Kier molecular flexibility index (Phi) is 4.39. The van der Waals surface area contributed by atoms with Crippen molar-refractivity contribution in [2.24, 2.45) is 23.2 Å². The van der Waals surface area contributed by atoms with Gasteiger partial charge in [0.05, 0.1) is 9.92 Å². The average molecular weight is 396 g/mol. The van der Waals surface area contributed by atoms with Gasteiger partial charge in [0.1, 0.15) is 0 Å². The van der Waals surface area contributed by atoms with E-state index in [0.29, 0.717) is 5.56 Å². The van der Waals surface area contributed by atoms with Gasteiger partial charge in [-0.1, -0.05) is 11.6 Å². The van der Waals surface area contributed by atoms with Crippen molar-refractivity contribution in [3.05, 3.63) is 28.8 Å². The van der Waals surface area contributed by atoms with Crippen LogP contribution in [-0.4, -0.2) is 26.6 Å². The average Bonchev–Trinajstić information content (AvgIpc) is 2.52. The first-order valence-corrected chi connectivity index (χ1v) is 11.7. The predicted octanol–water partition coefficient (Wildman–Crippen LogP) is 4.08. The van der Waals surface area contributed by atoms with Crippen molar-refractivity contribution in [3.63, 3.8) is 0 Å². The lowest BCUT2D eigenvalue weighted by Crippen LogP contribution is -2.55. The quantitative estimate of drug-likeness (QED) is 0.835. The fourth-order valence-corrected chi connectivity index (χ4v) is 7.37. The third-order valence-corrected chi connectivity index (χ3v) is 8.52. The van der Waals surface area contributed by atoms with Crippen molar-refractivity contribution in [2.45, 2.75) is 56.4 Å². The zero-order chi connectivity index (χ0) is 18.7. The monoisotopic (exact) mass is 395 g/mol. The maximum atomic E-state index is 12.8. The summed E-state index contributed by atoms with van der Waals surface area (Å²) in [6.45, 7) is 2.12. The van der Waals surface area contributed by atoms with Crippen LogP contribution in [0.5, 0.6) is 0 Å². The van der Waals surface area contributed by atoms with Gasteiger partial charge < -0.3 is 5.32 Å². The zero-order valence-corrected chi connectivity index (χ0v) is 16.9. The number of hydrogen-bond donors (Lipinski definition) is 1. The summed E-state index contributed by atoms with van der Waals surface area (Å²) >= 11 is 5.99. The molecule has 1 aromatic rings. The Hall–Kier alpha value is -1.07. The van der Waals surface area contributed by atoms with Crippen LogP contribution >= 0.6 is 11.6 Å². The molecular weight excluding hydrogens is 370 g/mol. The molecule has 4 bridgehead atoms. The number of sulfone groups is 1. The standard InChI is InChI=1S/C20H26ClNO3S/c1-12(20-9-13-5-14(10-20)7-15(6-13)11-20)22-19(23)16-3-4-17(21)18(8-16)26(2,24)25/h3-4,8,12-15H,5-7,9-11H2,1-2H3,(H,22,23). The Bertz CT molecular complexity index is 813.